The van der Waals surface area contributed by atoms with Gasteiger partial charge in [0.15, 0.2) is 0 Å². The first kappa shape index (κ1) is 19.6. The summed E-state index contributed by atoms with van der Waals surface area (Å²) in [5.74, 6) is -0.00574. The highest BCUT2D eigenvalue weighted by Gasteiger charge is 2.14. The Balaban J connectivity index is 1.58. The van der Waals surface area contributed by atoms with Crippen molar-refractivity contribution in [2.75, 3.05) is 13.1 Å². The van der Waals surface area contributed by atoms with Crippen molar-refractivity contribution in [1.82, 2.24) is 15.2 Å². The number of hydrogen-bond acceptors (Lipinski definition) is 3. The number of rotatable bonds is 6. The molecule has 27 heavy (non-hydrogen) atoms. The lowest BCUT2D eigenvalue weighted by atomic mass is 10.1. The van der Waals surface area contributed by atoms with E-state index in [4.69, 9.17) is 0 Å². The molecule has 1 unspecified atom stereocenters. The Morgan fingerprint density at radius 3 is 2.67 bits per heavy atom. The third kappa shape index (κ3) is 5.90. The fraction of sp³-hybridized carbons (Fsp3) is 0.478. The first-order valence-corrected chi connectivity index (χ1v) is 10.1. The minimum absolute atomic E-state index is 0.00574. The van der Waals surface area contributed by atoms with E-state index >= 15 is 0 Å². The molecule has 0 aliphatic carbocycles. The average Bonchev–Trinajstić information content (AvgIpc) is 2.92. The van der Waals surface area contributed by atoms with E-state index in [0.29, 0.717) is 0 Å². The summed E-state index contributed by atoms with van der Waals surface area (Å²) < 4.78 is 0. The quantitative estimate of drug-likeness (QED) is 0.837. The van der Waals surface area contributed by atoms with Gasteiger partial charge in [0, 0.05) is 36.5 Å². The molecular formula is C23H31N3O. The van der Waals surface area contributed by atoms with Gasteiger partial charge in [-0.2, -0.15) is 0 Å². The maximum absolute atomic E-state index is 12.7. The van der Waals surface area contributed by atoms with Gasteiger partial charge in [0.05, 0.1) is 0 Å². The Kier molecular flexibility index (Phi) is 6.99. The van der Waals surface area contributed by atoms with Gasteiger partial charge in [0.25, 0.3) is 5.91 Å². The third-order valence-corrected chi connectivity index (χ3v) is 5.29. The topological polar surface area (TPSA) is 45.2 Å². The SMILES string of the molecule is Cc1cccnc1CC(C)NC(=O)c1cccc(CN2CCCCCC2)c1. The molecule has 0 bridgehead atoms. The van der Waals surface area contributed by atoms with Crippen LogP contribution in [0.2, 0.25) is 0 Å². The van der Waals surface area contributed by atoms with Gasteiger partial charge < -0.3 is 5.32 Å². The molecule has 2 heterocycles. The molecule has 3 rings (SSSR count). The molecule has 0 radical (unpaired) electrons. The zero-order chi connectivity index (χ0) is 19.1. The second kappa shape index (κ2) is 9.65. The smallest absolute Gasteiger partial charge is 0.251 e. The number of benzene rings is 1. The first-order chi connectivity index (χ1) is 13.1. The Bertz CT molecular complexity index is 751. The van der Waals surface area contributed by atoms with Crippen LogP contribution in [-0.2, 0) is 13.0 Å². The number of carbonyl (C=O) groups is 1. The number of nitrogens with zero attached hydrogens (tertiary/aromatic N) is 2. The van der Waals surface area contributed by atoms with Crippen LogP contribution in [0.3, 0.4) is 0 Å². The molecule has 1 aliphatic rings. The molecule has 1 atom stereocenters. The van der Waals surface area contributed by atoms with E-state index in [9.17, 15) is 4.79 Å². The van der Waals surface area contributed by atoms with E-state index in [1.807, 2.05) is 37.4 Å². The van der Waals surface area contributed by atoms with E-state index in [0.717, 1.165) is 42.9 Å². The second-order valence-corrected chi connectivity index (χ2v) is 7.74. The molecule has 1 aliphatic heterocycles. The molecule has 144 valence electrons. The summed E-state index contributed by atoms with van der Waals surface area (Å²) in [7, 11) is 0. The summed E-state index contributed by atoms with van der Waals surface area (Å²) >= 11 is 0. The van der Waals surface area contributed by atoms with Crippen molar-refractivity contribution in [2.24, 2.45) is 0 Å². The van der Waals surface area contributed by atoms with Gasteiger partial charge in [0.2, 0.25) is 0 Å². The monoisotopic (exact) mass is 365 g/mol. The highest BCUT2D eigenvalue weighted by molar-refractivity contribution is 5.94. The van der Waals surface area contributed by atoms with Crippen molar-refractivity contribution in [2.45, 2.75) is 58.5 Å². The molecule has 1 saturated heterocycles. The second-order valence-electron chi connectivity index (χ2n) is 7.74. The fourth-order valence-corrected chi connectivity index (χ4v) is 3.74. The minimum atomic E-state index is -0.00574. The fourth-order valence-electron chi connectivity index (χ4n) is 3.74. The Hall–Kier alpha value is -2.20. The third-order valence-electron chi connectivity index (χ3n) is 5.29. The van der Waals surface area contributed by atoms with Crippen molar-refractivity contribution in [3.8, 4) is 0 Å². The number of aromatic nitrogens is 1. The maximum Gasteiger partial charge on any atom is 0.251 e. The molecule has 1 N–H and O–H groups in total. The average molecular weight is 366 g/mol. The summed E-state index contributed by atoms with van der Waals surface area (Å²) in [5.41, 5.74) is 4.17. The lowest BCUT2D eigenvalue weighted by Gasteiger charge is -2.20. The van der Waals surface area contributed by atoms with E-state index in [1.54, 1.807) is 0 Å². The van der Waals surface area contributed by atoms with E-state index < -0.39 is 0 Å². The number of amides is 1. The Labute approximate surface area is 163 Å². The molecule has 2 aromatic rings. The van der Waals surface area contributed by atoms with E-state index in [2.05, 4.69) is 34.3 Å². The normalized spacial score (nSPS) is 16.5. The summed E-state index contributed by atoms with van der Waals surface area (Å²) in [6, 6.07) is 12.1. The molecule has 4 nitrogen and oxygen atoms in total. The zero-order valence-electron chi connectivity index (χ0n) is 16.6. The lowest BCUT2D eigenvalue weighted by molar-refractivity contribution is 0.0939. The van der Waals surface area contributed by atoms with Crippen molar-refractivity contribution in [1.29, 1.82) is 0 Å². The van der Waals surface area contributed by atoms with Crippen LogP contribution in [-0.4, -0.2) is 34.9 Å². The highest BCUT2D eigenvalue weighted by Crippen LogP contribution is 2.15. The lowest BCUT2D eigenvalue weighted by Crippen LogP contribution is -2.34. The molecule has 4 heteroatoms. The van der Waals surface area contributed by atoms with Crippen LogP contribution in [0.15, 0.2) is 42.6 Å². The molecule has 0 saturated carbocycles. The molecule has 1 amide bonds. The number of aryl methyl sites for hydroxylation is 1. The van der Waals surface area contributed by atoms with Gasteiger partial charge in [-0.3, -0.25) is 14.7 Å². The van der Waals surface area contributed by atoms with Crippen molar-refractivity contribution < 1.29 is 4.79 Å². The van der Waals surface area contributed by atoms with Crippen LogP contribution in [0.1, 0.15) is 59.8 Å². The standard InChI is InChI=1S/C23H31N3O/c1-18-9-8-12-24-22(18)15-19(2)25-23(27)21-11-7-10-20(16-21)17-26-13-5-3-4-6-14-26/h7-12,16,19H,3-6,13-15,17H2,1-2H3,(H,25,27). The van der Waals surface area contributed by atoms with Gasteiger partial charge in [-0.25, -0.2) is 0 Å². The number of carbonyl (C=O) groups excluding carboxylic acids is 1. The summed E-state index contributed by atoms with van der Waals surface area (Å²) in [6.45, 7) is 7.36. The van der Waals surface area contributed by atoms with Crippen molar-refractivity contribution in [3.63, 3.8) is 0 Å². The van der Waals surface area contributed by atoms with Gasteiger partial charge in [-0.05, 0) is 69.1 Å². The number of nitrogens with one attached hydrogen (secondary N) is 1. The van der Waals surface area contributed by atoms with Crippen molar-refractivity contribution >= 4 is 5.91 Å². The number of likely N-dealkylation sites (tertiary alicyclic amines) is 1. The minimum Gasteiger partial charge on any atom is -0.349 e. The van der Waals surface area contributed by atoms with E-state index in [-0.39, 0.29) is 11.9 Å². The van der Waals surface area contributed by atoms with Gasteiger partial charge in [0.1, 0.15) is 0 Å². The van der Waals surface area contributed by atoms with Crippen LogP contribution in [0, 0.1) is 6.92 Å². The predicted octanol–water partition coefficient (Wildman–Crippen LogP) is 4.13. The Morgan fingerprint density at radius 1 is 1.15 bits per heavy atom. The maximum atomic E-state index is 12.7. The van der Waals surface area contributed by atoms with Crippen LogP contribution in [0.5, 0.6) is 0 Å². The summed E-state index contributed by atoms with van der Waals surface area (Å²) in [4.78, 5) is 19.6. The molecule has 1 aromatic heterocycles. The van der Waals surface area contributed by atoms with Gasteiger partial charge in [-0.15, -0.1) is 0 Å². The molecule has 1 fully saturated rings. The van der Waals surface area contributed by atoms with Crippen LogP contribution in [0.4, 0.5) is 0 Å². The largest absolute Gasteiger partial charge is 0.349 e. The summed E-state index contributed by atoms with van der Waals surface area (Å²) in [5, 5.41) is 3.12. The molecule has 1 aromatic carbocycles. The molecular weight excluding hydrogens is 334 g/mol. The van der Waals surface area contributed by atoms with E-state index in [1.165, 1.54) is 31.2 Å². The zero-order valence-corrected chi connectivity index (χ0v) is 16.6. The van der Waals surface area contributed by atoms with Gasteiger partial charge in [-0.1, -0.05) is 31.0 Å². The Morgan fingerprint density at radius 2 is 1.93 bits per heavy atom. The molecule has 0 spiro atoms. The van der Waals surface area contributed by atoms with Crippen LogP contribution in [0.25, 0.3) is 0 Å². The van der Waals surface area contributed by atoms with Crippen LogP contribution < -0.4 is 5.32 Å². The van der Waals surface area contributed by atoms with Gasteiger partial charge >= 0.3 is 0 Å². The predicted molar refractivity (Wildman–Crippen MR) is 110 cm³/mol. The van der Waals surface area contributed by atoms with Crippen LogP contribution >= 0.6 is 0 Å². The number of hydrogen-bond donors (Lipinski definition) is 1. The highest BCUT2D eigenvalue weighted by atomic mass is 16.1. The number of pyridine rings is 1. The van der Waals surface area contributed by atoms with Crippen molar-refractivity contribution in [3.05, 3.63) is 65.0 Å². The first-order valence-electron chi connectivity index (χ1n) is 10.1. The summed E-state index contributed by atoms with van der Waals surface area (Å²) in [6.07, 6.45) is 7.80.